The SMILES string of the molecule is NC(=S)c1ccc(NC(=O)CC2CCC2)cc1. The highest BCUT2D eigenvalue weighted by atomic mass is 32.1. The lowest BCUT2D eigenvalue weighted by atomic mass is 9.83. The summed E-state index contributed by atoms with van der Waals surface area (Å²) >= 11 is 4.86. The zero-order valence-electron chi connectivity index (χ0n) is 9.61. The Morgan fingerprint density at radius 2 is 2.00 bits per heavy atom. The van der Waals surface area contributed by atoms with Gasteiger partial charge in [-0.05, 0) is 43.0 Å². The van der Waals surface area contributed by atoms with E-state index in [0.29, 0.717) is 17.3 Å². The van der Waals surface area contributed by atoms with Gasteiger partial charge in [-0.15, -0.1) is 0 Å². The van der Waals surface area contributed by atoms with Crippen LogP contribution < -0.4 is 11.1 Å². The Labute approximate surface area is 106 Å². The molecule has 1 aliphatic carbocycles. The third kappa shape index (κ3) is 3.27. The number of thiocarbonyl (C=S) groups is 1. The number of anilines is 1. The van der Waals surface area contributed by atoms with Crippen molar-refractivity contribution in [3.63, 3.8) is 0 Å². The number of nitrogens with one attached hydrogen (secondary N) is 1. The average Bonchev–Trinajstić information content (AvgIpc) is 2.24. The molecule has 0 bridgehead atoms. The summed E-state index contributed by atoms with van der Waals surface area (Å²) in [5.74, 6) is 0.684. The largest absolute Gasteiger partial charge is 0.389 e. The Hall–Kier alpha value is -1.42. The van der Waals surface area contributed by atoms with Gasteiger partial charge in [0, 0.05) is 17.7 Å². The van der Waals surface area contributed by atoms with Gasteiger partial charge in [0.05, 0.1) is 0 Å². The minimum Gasteiger partial charge on any atom is -0.389 e. The summed E-state index contributed by atoms with van der Waals surface area (Å²) in [6, 6.07) is 7.29. The summed E-state index contributed by atoms with van der Waals surface area (Å²) in [4.78, 5) is 12.0. The lowest BCUT2D eigenvalue weighted by molar-refractivity contribution is -0.117. The van der Waals surface area contributed by atoms with Crippen LogP contribution in [-0.2, 0) is 4.79 Å². The standard InChI is InChI=1S/C13H16N2OS/c14-13(17)10-4-6-11(7-5-10)15-12(16)8-9-2-1-3-9/h4-7,9H,1-3,8H2,(H2,14,17)(H,15,16). The van der Waals surface area contributed by atoms with Crippen molar-refractivity contribution in [2.45, 2.75) is 25.7 Å². The van der Waals surface area contributed by atoms with Crippen LogP contribution >= 0.6 is 12.2 Å². The van der Waals surface area contributed by atoms with Crippen molar-refractivity contribution < 1.29 is 4.79 Å². The molecule has 0 saturated heterocycles. The second-order valence-electron chi connectivity index (χ2n) is 4.49. The Morgan fingerprint density at radius 3 is 2.47 bits per heavy atom. The van der Waals surface area contributed by atoms with Crippen molar-refractivity contribution in [3.8, 4) is 0 Å². The van der Waals surface area contributed by atoms with E-state index in [-0.39, 0.29) is 5.91 Å². The van der Waals surface area contributed by atoms with Gasteiger partial charge in [0.2, 0.25) is 5.91 Å². The maximum Gasteiger partial charge on any atom is 0.224 e. The van der Waals surface area contributed by atoms with Crippen LogP contribution in [0.2, 0.25) is 0 Å². The molecule has 0 spiro atoms. The van der Waals surface area contributed by atoms with Gasteiger partial charge in [-0.2, -0.15) is 0 Å². The van der Waals surface area contributed by atoms with Gasteiger partial charge in [-0.25, -0.2) is 0 Å². The Bertz CT molecular complexity index is 424. The molecule has 0 unspecified atom stereocenters. The molecule has 1 fully saturated rings. The van der Waals surface area contributed by atoms with E-state index in [4.69, 9.17) is 18.0 Å². The molecule has 0 atom stereocenters. The van der Waals surface area contributed by atoms with Gasteiger partial charge < -0.3 is 11.1 Å². The molecule has 1 amide bonds. The smallest absolute Gasteiger partial charge is 0.224 e. The molecule has 3 nitrogen and oxygen atoms in total. The topological polar surface area (TPSA) is 55.1 Å². The van der Waals surface area contributed by atoms with Crippen LogP contribution in [0, 0.1) is 5.92 Å². The van der Waals surface area contributed by atoms with Crippen LogP contribution in [0.1, 0.15) is 31.2 Å². The molecule has 4 heteroatoms. The third-order valence-electron chi connectivity index (χ3n) is 3.15. The summed E-state index contributed by atoms with van der Waals surface area (Å²) in [5, 5.41) is 2.88. The molecular formula is C13H16N2OS. The molecule has 3 N–H and O–H groups in total. The second-order valence-corrected chi connectivity index (χ2v) is 4.93. The van der Waals surface area contributed by atoms with E-state index in [1.165, 1.54) is 19.3 Å². The molecular weight excluding hydrogens is 232 g/mol. The van der Waals surface area contributed by atoms with E-state index in [9.17, 15) is 4.79 Å². The number of benzene rings is 1. The van der Waals surface area contributed by atoms with Gasteiger partial charge in [0.1, 0.15) is 4.99 Å². The fourth-order valence-corrected chi connectivity index (χ4v) is 2.03. The lowest BCUT2D eigenvalue weighted by Crippen LogP contribution is -2.20. The average molecular weight is 248 g/mol. The Kier molecular flexibility index (Phi) is 3.74. The van der Waals surface area contributed by atoms with Crippen molar-refractivity contribution in [2.75, 3.05) is 5.32 Å². The van der Waals surface area contributed by atoms with Gasteiger partial charge >= 0.3 is 0 Å². The fourth-order valence-electron chi connectivity index (χ4n) is 1.89. The minimum atomic E-state index is 0.0952. The molecule has 2 rings (SSSR count). The molecule has 17 heavy (non-hydrogen) atoms. The number of amides is 1. The van der Waals surface area contributed by atoms with E-state index < -0.39 is 0 Å². The van der Waals surface area contributed by atoms with E-state index in [1.807, 2.05) is 24.3 Å². The molecule has 1 saturated carbocycles. The van der Waals surface area contributed by atoms with Crippen molar-refractivity contribution >= 4 is 28.8 Å². The molecule has 1 aromatic carbocycles. The van der Waals surface area contributed by atoms with Crippen LogP contribution in [0.25, 0.3) is 0 Å². The van der Waals surface area contributed by atoms with Gasteiger partial charge in [-0.3, -0.25) is 4.79 Å². The van der Waals surface area contributed by atoms with Crippen LogP contribution in [0.15, 0.2) is 24.3 Å². The highest BCUT2D eigenvalue weighted by Gasteiger charge is 2.20. The second kappa shape index (κ2) is 5.27. The van der Waals surface area contributed by atoms with Crippen molar-refractivity contribution in [2.24, 2.45) is 11.7 Å². The first-order chi connectivity index (χ1) is 8.15. The van der Waals surface area contributed by atoms with Crippen LogP contribution in [-0.4, -0.2) is 10.9 Å². The maximum absolute atomic E-state index is 11.7. The monoisotopic (exact) mass is 248 g/mol. The lowest BCUT2D eigenvalue weighted by Gasteiger charge is -2.24. The fraction of sp³-hybridized carbons (Fsp3) is 0.385. The number of hydrogen-bond acceptors (Lipinski definition) is 2. The molecule has 1 aliphatic rings. The molecule has 0 aromatic heterocycles. The van der Waals surface area contributed by atoms with Crippen LogP contribution in [0.5, 0.6) is 0 Å². The predicted molar refractivity (Wildman–Crippen MR) is 72.9 cm³/mol. The highest BCUT2D eigenvalue weighted by molar-refractivity contribution is 7.80. The van der Waals surface area contributed by atoms with Crippen LogP contribution in [0.3, 0.4) is 0 Å². The molecule has 0 aliphatic heterocycles. The third-order valence-corrected chi connectivity index (χ3v) is 3.39. The first-order valence-corrected chi connectivity index (χ1v) is 6.25. The number of carbonyl (C=O) groups is 1. The summed E-state index contributed by atoms with van der Waals surface area (Å²) in [5.41, 5.74) is 7.12. The Balaban J connectivity index is 1.89. The normalized spacial score (nSPS) is 15.1. The number of nitrogens with two attached hydrogens (primary N) is 1. The summed E-state index contributed by atoms with van der Waals surface area (Å²) in [6.45, 7) is 0. The zero-order chi connectivity index (χ0) is 12.3. The van der Waals surface area contributed by atoms with E-state index >= 15 is 0 Å². The summed E-state index contributed by atoms with van der Waals surface area (Å²) in [6.07, 6.45) is 4.28. The van der Waals surface area contributed by atoms with Gasteiger partial charge in [0.25, 0.3) is 0 Å². The van der Waals surface area contributed by atoms with Crippen molar-refractivity contribution in [1.29, 1.82) is 0 Å². The van der Waals surface area contributed by atoms with E-state index in [0.717, 1.165) is 11.3 Å². The first-order valence-electron chi connectivity index (χ1n) is 5.85. The molecule has 0 heterocycles. The number of hydrogen-bond donors (Lipinski definition) is 2. The van der Waals surface area contributed by atoms with Crippen molar-refractivity contribution in [1.82, 2.24) is 0 Å². The van der Waals surface area contributed by atoms with Gasteiger partial charge in [0.15, 0.2) is 0 Å². The molecule has 1 aromatic rings. The minimum absolute atomic E-state index is 0.0952. The quantitative estimate of drug-likeness (QED) is 0.805. The molecule has 0 radical (unpaired) electrons. The first kappa shape index (κ1) is 12.0. The van der Waals surface area contributed by atoms with Crippen molar-refractivity contribution in [3.05, 3.63) is 29.8 Å². The maximum atomic E-state index is 11.7. The highest BCUT2D eigenvalue weighted by Crippen LogP contribution is 2.29. The summed E-state index contributed by atoms with van der Waals surface area (Å²) in [7, 11) is 0. The zero-order valence-corrected chi connectivity index (χ0v) is 10.4. The number of carbonyl (C=O) groups excluding carboxylic acids is 1. The summed E-state index contributed by atoms with van der Waals surface area (Å²) < 4.78 is 0. The van der Waals surface area contributed by atoms with Gasteiger partial charge in [-0.1, -0.05) is 18.6 Å². The van der Waals surface area contributed by atoms with E-state index in [2.05, 4.69) is 5.32 Å². The van der Waals surface area contributed by atoms with E-state index in [1.54, 1.807) is 0 Å². The van der Waals surface area contributed by atoms with Crippen LogP contribution in [0.4, 0.5) is 5.69 Å². The number of rotatable bonds is 4. The Morgan fingerprint density at radius 1 is 1.35 bits per heavy atom. The molecule has 90 valence electrons. The predicted octanol–water partition coefficient (Wildman–Crippen LogP) is 2.45.